The van der Waals surface area contributed by atoms with Gasteiger partial charge in [-0.1, -0.05) is 0 Å². The molecule has 0 aliphatic carbocycles. The van der Waals surface area contributed by atoms with E-state index in [2.05, 4.69) is 19.8 Å². The van der Waals surface area contributed by atoms with Crippen LogP contribution in [0.2, 0.25) is 0 Å². The predicted octanol–water partition coefficient (Wildman–Crippen LogP) is 0.220. The van der Waals surface area contributed by atoms with Crippen LogP contribution in [0.15, 0.2) is 12.4 Å². The molecule has 0 radical (unpaired) electrons. The smallest absolute Gasteiger partial charge is 0.147 e. The second-order valence-electron chi connectivity index (χ2n) is 4.85. The molecule has 2 aliphatic rings. The highest BCUT2D eigenvalue weighted by Crippen LogP contribution is 2.23. The van der Waals surface area contributed by atoms with Crippen molar-refractivity contribution >= 4 is 5.82 Å². The lowest BCUT2D eigenvalue weighted by Crippen LogP contribution is -2.50. The number of rotatable bonds is 2. The van der Waals surface area contributed by atoms with Crippen molar-refractivity contribution < 1.29 is 0 Å². The van der Waals surface area contributed by atoms with E-state index in [1.807, 2.05) is 6.20 Å². The molecule has 17 heavy (non-hydrogen) atoms. The van der Waals surface area contributed by atoms with Crippen LogP contribution in [-0.4, -0.2) is 47.1 Å². The summed E-state index contributed by atoms with van der Waals surface area (Å²) in [7, 11) is 0. The molecule has 1 aromatic heterocycles. The Bertz CT molecular complexity index is 394. The summed E-state index contributed by atoms with van der Waals surface area (Å²) in [6.45, 7) is 5.03. The first-order valence-electron chi connectivity index (χ1n) is 6.37. The minimum absolute atomic E-state index is 0.463. The van der Waals surface area contributed by atoms with Crippen molar-refractivity contribution in [3.8, 4) is 0 Å². The first kappa shape index (κ1) is 10.9. The number of hydrogen-bond donors (Lipinski definition) is 1. The van der Waals surface area contributed by atoms with Crippen LogP contribution in [0, 0.1) is 0 Å². The van der Waals surface area contributed by atoms with Crippen LogP contribution in [0.1, 0.15) is 18.5 Å². The number of aromatic nitrogens is 2. The van der Waals surface area contributed by atoms with Crippen LogP contribution in [0.5, 0.6) is 0 Å². The molecule has 0 saturated carbocycles. The van der Waals surface area contributed by atoms with Crippen LogP contribution in [0.4, 0.5) is 5.82 Å². The lowest BCUT2D eigenvalue weighted by Gasteiger charge is -2.38. The quantitative estimate of drug-likeness (QED) is 0.792. The van der Waals surface area contributed by atoms with Gasteiger partial charge in [0.15, 0.2) is 0 Å². The molecule has 2 fully saturated rings. The fraction of sp³-hybridized carbons (Fsp3) is 0.667. The second-order valence-corrected chi connectivity index (χ2v) is 4.85. The van der Waals surface area contributed by atoms with Crippen molar-refractivity contribution in [2.24, 2.45) is 5.73 Å². The molecule has 2 saturated heterocycles. The molecule has 1 aromatic rings. The van der Waals surface area contributed by atoms with Crippen LogP contribution in [0.25, 0.3) is 0 Å². The van der Waals surface area contributed by atoms with E-state index in [1.54, 1.807) is 6.20 Å². The highest BCUT2D eigenvalue weighted by Gasteiger charge is 2.30. The van der Waals surface area contributed by atoms with E-state index >= 15 is 0 Å². The normalized spacial score (nSPS) is 25.0. The number of fused-ring (bicyclic) bond motifs is 1. The van der Waals surface area contributed by atoms with Crippen molar-refractivity contribution in [2.45, 2.75) is 25.4 Å². The third-order valence-electron chi connectivity index (χ3n) is 3.79. The molecule has 0 aromatic carbocycles. The van der Waals surface area contributed by atoms with E-state index in [0.717, 1.165) is 31.1 Å². The Morgan fingerprint density at radius 3 is 3.12 bits per heavy atom. The topological polar surface area (TPSA) is 58.3 Å². The van der Waals surface area contributed by atoms with Crippen molar-refractivity contribution in [1.82, 2.24) is 14.9 Å². The molecular formula is C12H19N5. The third kappa shape index (κ3) is 2.12. The third-order valence-corrected chi connectivity index (χ3v) is 3.79. The molecule has 1 atom stereocenters. The summed E-state index contributed by atoms with van der Waals surface area (Å²) in [6.07, 6.45) is 6.26. The molecule has 1 unspecified atom stereocenters. The van der Waals surface area contributed by atoms with E-state index in [1.165, 1.54) is 19.4 Å². The molecule has 5 nitrogen and oxygen atoms in total. The Morgan fingerprint density at radius 2 is 2.24 bits per heavy atom. The highest BCUT2D eigenvalue weighted by atomic mass is 15.3. The molecule has 2 aliphatic heterocycles. The SMILES string of the molecule is NCc1cncc(N2CCN3CCCC3C2)n1. The Balaban J connectivity index is 1.75. The lowest BCUT2D eigenvalue weighted by molar-refractivity contribution is 0.230. The lowest BCUT2D eigenvalue weighted by atomic mass is 10.1. The summed E-state index contributed by atoms with van der Waals surface area (Å²) in [5.41, 5.74) is 6.48. The Morgan fingerprint density at radius 1 is 1.29 bits per heavy atom. The minimum atomic E-state index is 0.463. The zero-order valence-electron chi connectivity index (χ0n) is 10.0. The first-order chi connectivity index (χ1) is 8.36. The van der Waals surface area contributed by atoms with Gasteiger partial charge in [-0.2, -0.15) is 0 Å². The summed E-state index contributed by atoms with van der Waals surface area (Å²) in [5, 5.41) is 0. The summed E-state index contributed by atoms with van der Waals surface area (Å²) < 4.78 is 0. The maximum absolute atomic E-state index is 5.60. The molecule has 5 heteroatoms. The zero-order valence-corrected chi connectivity index (χ0v) is 10.0. The average Bonchev–Trinajstić information content (AvgIpc) is 2.86. The van der Waals surface area contributed by atoms with Crippen molar-refractivity contribution in [2.75, 3.05) is 31.1 Å². The number of nitrogens with zero attached hydrogens (tertiary/aromatic N) is 4. The van der Waals surface area contributed by atoms with E-state index < -0.39 is 0 Å². The van der Waals surface area contributed by atoms with E-state index in [4.69, 9.17) is 5.73 Å². The van der Waals surface area contributed by atoms with Gasteiger partial charge in [0.05, 0.1) is 11.9 Å². The summed E-state index contributed by atoms with van der Waals surface area (Å²) in [5.74, 6) is 0.986. The monoisotopic (exact) mass is 233 g/mol. The van der Waals surface area contributed by atoms with Gasteiger partial charge in [0.25, 0.3) is 0 Å². The van der Waals surface area contributed by atoms with Gasteiger partial charge in [-0.25, -0.2) is 4.98 Å². The minimum Gasteiger partial charge on any atom is -0.352 e. The Kier molecular flexibility index (Phi) is 2.94. The maximum atomic E-state index is 5.60. The molecule has 2 N–H and O–H groups in total. The van der Waals surface area contributed by atoms with Crippen molar-refractivity contribution in [3.63, 3.8) is 0 Å². The summed E-state index contributed by atoms with van der Waals surface area (Å²) in [6, 6.07) is 0.715. The fourth-order valence-electron chi connectivity index (χ4n) is 2.84. The van der Waals surface area contributed by atoms with Gasteiger partial charge in [-0.15, -0.1) is 0 Å². The van der Waals surface area contributed by atoms with Gasteiger partial charge < -0.3 is 10.6 Å². The van der Waals surface area contributed by atoms with Gasteiger partial charge in [0.1, 0.15) is 5.82 Å². The first-order valence-corrected chi connectivity index (χ1v) is 6.37. The van der Waals surface area contributed by atoms with Gasteiger partial charge in [-0.05, 0) is 19.4 Å². The van der Waals surface area contributed by atoms with E-state index in [9.17, 15) is 0 Å². The van der Waals surface area contributed by atoms with Gasteiger partial charge in [0, 0.05) is 38.4 Å². The Labute approximate surface area is 102 Å². The fourth-order valence-corrected chi connectivity index (χ4v) is 2.84. The molecule has 0 spiro atoms. The molecular weight excluding hydrogens is 214 g/mol. The van der Waals surface area contributed by atoms with Crippen LogP contribution >= 0.6 is 0 Å². The molecule has 0 bridgehead atoms. The van der Waals surface area contributed by atoms with Crippen molar-refractivity contribution in [3.05, 3.63) is 18.1 Å². The van der Waals surface area contributed by atoms with Gasteiger partial charge >= 0.3 is 0 Å². The maximum Gasteiger partial charge on any atom is 0.147 e. The zero-order chi connectivity index (χ0) is 11.7. The average molecular weight is 233 g/mol. The summed E-state index contributed by atoms with van der Waals surface area (Å²) >= 11 is 0. The molecule has 0 amide bonds. The molecule has 3 heterocycles. The highest BCUT2D eigenvalue weighted by molar-refractivity contribution is 5.37. The second kappa shape index (κ2) is 4.58. The number of anilines is 1. The van der Waals surface area contributed by atoms with Gasteiger partial charge in [0.2, 0.25) is 0 Å². The van der Waals surface area contributed by atoms with Crippen LogP contribution in [0.3, 0.4) is 0 Å². The Hall–Kier alpha value is -1.20. The predicted molar refractivity (Wildman–Crippen MR) is 66.7 cm³/mol. The number of nitrogens with two attached hydrogens (primary N) is 1. The van der Waals surface area contributed by atoms with E-state index in [0.29, 0.717) is 12.6 Å². The summed E-state index contributed by atoms with van der Waals surface area (Å²) in [4.78, 5) is 13.7. The van der Waals surface area contributed by atoms with E-state index in [-0.39, 0.29) is 0 Å². The molecule has 3 rings (SSSR count). The van der Waals surface area contributed by atoms with Gasteiger partial charge in [-0.3, -0.25) is 9.88 Å². The van der Waals surface area contributed by atoms with Crippen molar-refractivity contribution in [1.29, 1.82) is 0 Å². The van der Waals surface area contributed by atoms with Crippen LogP contribution in [-0.2, 0) is 6.54 Å². The van der Waals surface area contributed by atoms with Crippen LogP contribution < -0.4 is 10.6 Å². The molecule has 92 valence electrons. The number of piperazine rings is 1. The number of hydrogen-bond acceptors (Lipinski definition) is 5. The largest absolute Gasteiger partial charge is 0.352 e. The standard InChI is InChI=1S/C12H19N5/c13-6-10-7-14-8-12(15-10)17-5-4-16-3-1-2-11(16)9-17/h7-8,11H,1-6,9,13H2.